The predicted molar refractivity (Wildman–Crippen MR) is 55.8 cm³/mol. The van der Waals surface area contributed by atoms with E-state index in [2.05, 4.69) is 12.8 Å². The van der Waals surface area contributed by atoms with Crippen LogP contribution in [-0.2, 0) is 9.53 Å². The Bertz CT molecular complexity index is 242. The zero-order chi connectivity index (χ0) is 10.6. The number of rotatable bonds is 3. The number of terminal acetylenes is 1. The van der Waals surface area contributed by atoms with Crippen molar-refractivity contribution >= 4 is 5.78 Å². The lowest BCUT2D eigenvalue weighted by Crippen LogP contribution is -2.43. The molecule has 0 atom stereocenters. The van der Waals surface area contributed by atoms with Gasteiger partial charge in [0.05, 0.1) is 6.42 Å². The van der Waals surface area contributed by atoms with Gasteiger partial charge in [-0.15, -0.1) is 6.42 Å². The van der Waals surface area contributed by atoms with Gasteiger partial charge in [0.1, 0.15) is 5.60 Å². The highest BCUT2D eigenvalue weighted by atomic mass is 16.5. The van der Waals surface area contributed by atoms with Gasteiger partial charge in [0, 0.05) is 7.11 Å². The maximum absolute atomic E-state index is 11.8. The predicted octanol–water partition coefficient (Wildman–Crippen LogP) is 2.17. The molecule has 14 heavy (non-hydrogen) atoms. The molecule has 0 aliphatic heterocycles. The van der Waals surface area contributed by atoms with Crippen LogP contribution in [0.4, 0.5) is 0 Å². The van der Waals surface area contributed by atoms with Crippen LogP contribution >= 0.6 is 0 Å². The fraction of sp³-hybridized carbons (Fsp3) is 0.750. The highest BCUT2D eigenvalue weighted by Gasteiger charge is 2.40. The lowest BCUT2D eigenvalue weighted by atomic mass is 9.76. The third-order valence-electron chi connectivity index (χ3n) is 3.24. The van der Waals surface area contributed by atoms with Gasteiger partial charge in [0.15, 0.2) is 5.78 Å². The van der Waals surface area contributed by atoms with Gasteiger partial charge in [-0.3, -0.25) is 4.79 Å². The van der Waals surface area contributed by atoms with Crippen LogP contribution in [0.1, 0.15) is 39.0 Å². The normalized spacial score (nSPS) is 32.2. The van der Waals surface area contributed by atoms with E-state index in [9.17, 15) is 4.79 Å². The van der Waals surface area contributed by atoms with Crippen molar-refractivity contribution in [1.29, 1.82) is 0 Å². The fourth-order valence-corrected chi connectivity index (χ4v) is 2.08. The van der Waals surface area contributed by atoms with Crippen LogP contribution in [0.25, 0.3) is 0 Å². The molecule has 1 aliphatic rings. The highest BCUT2D eigenvalue weighted by molar-refractivity contribution is 5.89. The second kappa shape index (κ2) is 4.61. The van der Waals surface area contributed by atoms with Gasteiger partial charge < -0.3 is 4.74 Å². The topological polar surface area (TPSA) is 26.3 Å². The summed E-state index contributed by atoms with van der Waals surface area (Å²) < 4.78 is 5.40. The number of ketones is 1. The molecule has 1 saturated carbocycles. The summed E-state index contributed by atoms with van der Waals surface area (Å²) in [5, 5.41) is 0. The third kappa shape index (κ3) is 2.16. The molecule has 2 nitrogen and oxygen atoms in total. The Labute approximate surface area is 86.0 Å². The van der Waals surface area contributed by atoms with E-state index in [0.717, 1.165) is 25.7 Å². The first-order valence-corrected chi connectivity index (χ1v) is 5.16. The summed E-state index contributed by atoms with van der Waals surface area (Å²) in [6.07, 6.45) is 9.12. The van der Waals surface area contributed by atoms with Crippen molar-refractivity contribution in [2.45, 2.75) is 44.6 Å². The van der Waals surface area contributed by atoms with E-state index in [4.69, 9.17) is 11.2 Å². The smallest absolute Gasteiger partial charge is 0.176 e. The average molecular weight is 194 g/mol. The standard InChI is InChI=1S/C12H18O2/c1-4-5-11(13)12(14-3)8-6-10(2)7-9-12/h1,10H,5-9H2,2-3H3. The summed E-state index contributed by atoms with van der Waals surface area (Å²) in [5.74, 6) is 3.19. The van der Waals surface area contributed by atoms with Gasteiger partial charge in [-0.05, 0) is 31.6 Å². The lowest BCUT2D eigenvalue weighted by molar-refractivity contribution is -0.145. The number of hydrogen-bond acceptors (Lipinski definition) is 2. The lowest BCUT2D eigenvalue weighted by Gasteiger charge is -2.36. The minimum atomic E-state index is -0.571. The van der Waals surface area contributed by atoms with E-state index >= 15 is 0 Å². The summed E-state index contributed by atoms with van der Waals surface area (Å²) >= 11 is 0. The molecule has 0 unspecified atom stereocenters. The van der Waals surface area contributed by atoms with Crippen LogP contribution in [0.15, 0.2) is 0 Å². The summed E-state index contributed by atoms with van der Waals surface area (Å²) in [6.45, 7) is 2.21. The van der Waals surface area contributed by atoms with Crippen molar-refractivity contribution in [3.05, 3.63) is 0 Å². The number of ether oxygens (including phenoxy) is 1. The van der Waals surface area contributed by atoms with E-state index in [1.165, 1.54) is 0 Å². The van der Waals surface area contributed by atoms with Crippen LogP contribution in [-0.4, -0.2) is 18.5 Å². The maximum atomic E-state index is 11.8. The summed E-state index contributed by atoms with van der Waals surface area (Å²) in [5.41, 5.74) is -0.571. The molecule has 1 rings (SSSR count). The fourth-order valence-electron chi connectivity index (χ4n) is 2.08. The Hall–Kier alpha value is -0.810. The molecule has 0 heterocycles. The van der Waals surface area contributed by atoms with Crippen molar-refractivity contribution in [1.82, 2.24) is 0 Å². The van der Waals surface area contributed by atoms with Gasteiger partial charge in [-0.2, -0.15) is 0 Å². The molecular weight excluding hydrogens is 176 g/mol. The number of carbonyl (C=O) groups excluding carboxylic acids is 1. The third-order valence-corrected chi connectivity index (χ3v) is 3.24. The Kier molecular flexibility index (Phi) is 3.71. The summed E-state index contributed by atoms with van der Waals surface area (Å²) in [6, 6.07) is 0. The molecule has 0 N–H and O–H groups in total. The highest BCUT2D eigenvalue weighted by Crippen LogP contribution is 2.35. The molecule has 0 aromatic heterocycles. The number of methoxy groups -OCH3 is 1. The number of hydrogen-bond donors (Lipinski definition) is 0. The number of Topliss-reactive ketones (excluding diaryl/α,β-unsaturated/α-hetero) is 1. The van der Waals surface area contributed by atoms with E-state index in [-0.39, 0.29) is 12.2 Å². The van der Waals surface area contributed by atoms with Gasteiger partial charge in [-0.25, -0.2) is 0 Å². The molecule has 0 aromatic carbocycles. The van der Waals surface area contributed by atoms with Crippen molar-refractivity contribution in [2.24, 2.45) is 5.92 Å². The molecular formula is C12H18O2. The molecule has 0 aromatic rings. The van der Waals surface area contributed by atoms with Gasteiger partial charge >= 0.3 is 0 Å². The molecule has 0 radical (unpaired) electrons. The molecule has 78 valence electrons. The van der Waals surface area contributed by atoms with Gasteiger partial charge in [0.2, 0.25) is 0 Å². The van der Waals surface area contributed by atoms with Crippen molar-refractivity contribution in [3.63, 3.8) is 0 Å². The van der Waals surface area contributed by atoms with E-state index < -0.39 is 5.60 Å². The van der Waals surface area contributed by atoms with E-state index in [0.29, 0.717) is 5.92 Å². The Morgan fingerprint density at radius 1 is 1.57 bits per heavy atom. The molecule has 1 aliphatic carbocycles. The second-order valence-corrected chi connectivity index (χ2v) is 4.19. The first-order chi connectivity index (χ1) is 6.64. The quantitative estimate of drug-likeness (QED) is 0.644. The van der Waals surface area contributed by atoms with E-state index in [1.54, 1.807) is 7.11 Å². The zero-order valence-electron chi connectivity index (χ0n) is 9.01. The van der Waals surface area contributed by atoms with E-state index in [1.807, 2.05) is 0 Å². The Morgan fingerprint density at radius 2 is 2.14 bits per heavy atom. The SMILES string of the molecule is C#CCC(=O)C1(OC)CCC(C)CC1. The molecule has 1 fully saturated rings. The first kappa shape index (κ1) is 11.3. The van der Waals surface area contributed by atoms with Crippen LogP contribution < -0.4 is 0 Å². The minimum Gasteiger partial charge on any atom is -0.370 e. The zero-order valence-corrected chi connectivity index (χ0v) is 9.01. The summed E-state index contributed by atoms with van der Waals surface area (Å²) in [4.78, 5) is 11.8. The van der Waals surface area contributed by atoms with Gasteiger partial charge in [0.25, 0.3) is 0 Å². The molecule has 0 saturated heterocycles. The Morgan fingerprint density at radius 3 is 2.57 bits per heavy atom. The molecule has 2 heteroatoms. The van der Waals surface area contributed by atoms with Crippen LogP contribution in [0.3, 0.4) is 0 Å². The summed E-state index contributed by atoms with van der Waals surface area (Å²) in [7, 11) is 1.62. The average Bonchev–Trinajstić information content (AvgIpc) is 2.20. The molecule has 0 spiro atoms. The van der Waals surface area contributed by atoms with Crippen LogP contribution in [0.2, 0.25) is 0 Å². The first-order valence-electron chi connectivity index (χ1n) is 5.16. The molecule has 0 bridgehead atoms. The maximum Gasteiger partial charge on any atom is 0.176 e. The molecule has 0 amide bonds. The largest absolute Gasteiger partial charge is 0.370 e. The van der Waals surface area contributed by atoms with Gasteiger partial charge in [-0.1, -0.05) is 12.8 Å². The second-order valence-electron chi connectivity index (χ2n) is 4.19. The Balaban J connectivity index is 2.68. The van der Waals surface area contributed by atoms with Crippen molar-refractivity contribution < 1.29 is 9.53 Å². The van der Waals surface area contributed by atoms with Crippen molar-refractivity contribution in [2.75, 3.05) is 7.11 Å². The van der Waals surface area contributed by atoms with Crippen molar-refractivity contribution in [3.8, 4) is 12.3 Å². The monoisotopic (exact) mass is 194 g/mol. The van der Waals surface area contributed by atoms with Crippen LogP contribution in [0.5, 0.6) is 0 Å². The van der Waals surface area contributed by atoms with Crippen LogP contribution in [0, 0.1) is 18.3 Å². The minimum absolute atomic E-state index is 0.0781. The number of carbonyl (C=O) groups is 1.